The lowest BCUT2D eigenvalue weighted by Gasteiger charge is -2.21. The van der Waals surface area contributed by atoms with E-state index in [0.717, 1.165) is 0 Å². The molecule has 0 bridgehead atoms. The van der Waals surface area contributed by atoms with E-state index in [0.29, 0.717) is 11.5 Å². The van der Waals surface area contributed by atoms with Gasteiger partial charge in [0.25, 0.3) is 0 Å². The number of ether oxygens (including phenoxy) is 4. The molecular formula is C19H20Cl2O7. The molecule has 0 fully saturated rings. The first-order valence-corrected chi connectivity index (χ1v) is 8.77. The summed E-state index contributed by atoms with van der Waals surface area (Å²) in [6.45, 7) is 0. The van der Waals surface area contributed by atoms with E-state index in [2.05, 4.69) is 0 Å². The fraction of sp³-hybridized carbons (Fsp3) is 0.316. The van der Waals surface area contributed by atoms with Gasteiger partial charge in [0, 0.05) is 23.3 Å². The summed E-state index contributed by atoms with van der Waals surface area (Å²) in [5, 5.41) is 21.3. The van der Waals surface area contributed by atoms with Gasteiger partial charge in [0.2, 0.25) is 0 Å². The Bertz CT molecular complexity index is 800. The average molecular weight is 431 g/mol. The first kappa shape index (κ1) is 22.1. The van der Waals surface area contributed by atoms with Crippen molar-refractivity contribution in [2.45, 2.75) is 12.2 Å². The molecule has 0 aromatic heterocycles. The van der Waals surface area contributed by atoms with Gasteiger partial charge in [-0.25, -0.2) is 0 Å². The number of methoxy groups -OCH3 is 4. The molecule has 2 atom stereocenters. The monoisotopic (exact) mass is 430 g/mol. The van der Waals surface area contributed by atoms with Crippen molar-refractivity contribution in [3.8, 4) is 23.0 Å². The normalized spacial score (nSPS) is 12.9. The van der Waals surface area contributed by atoms with Crippen LogP contribution in [-0.2, 0) is 4.79 Å². The quantitative estimate of drug-likeness (QED) is 0.662. The summed E-state index contributed by atoms with van der Waals surface area (Å²) in [6.07, 6.45) is -3.57. The van der Waals surface area contributed by atoms with Crippen molar-refractivity contribution in [3.63, 3.8) is 0 Å². The zero-order chi connectivity index (χ0) is 21.0. The van der Waals surface area contributed by atoms with Crippen molar-refractivity contribution < 1.29 is 34.0 Å². The maximum atomic E-state index is 12.8. The first-order valence-electron chi connectivity index (χ1n) is 8.01. The van der Waals surface area contributed by atoms with Gasteiger partial charge in [-0.05, 0) is 12.1 Å². The number of Topliss-reactive ketones (excluding diaryl/α,β-unsaturated/α-hetero) is 1. The topological polar surface area (TPSA) is 94.5 Å². The maximum absolute atomic E-state index is 12.8. The second kappa shape index (κ2) is 9.34. The molecule has 0 spiro atoms. The lowest BCUT2D eigenvalue weighted by Crippen LogP contribution is -2.22. The number of halogens is 2. The van der Waals surface area contributed by atoms with Crippen molar-refractivity contribution in [1.29, 1.82) is 0 Å². The molecule has 28 heavy (non-hydrogen) atoms. The minimum atomic E-state index is -1.79. The molecule has 0 aliphatic rings. The van der Waals surface area contributed by atoms with E-state index in [-0.39, 0.29) is 32.7 Å². The van der Waals surface area contributed by atoms with Gasteiger partial charge < -0.3 is 29.2 Å². The molecule has 0 heterocycles. The van der Waals surface area contributed by atoms with Crippen LogP contribution in [-0.4, -0.2) is 44.4 Å². The Labute approximate surface area is 172 Å². The highest BCUT2D eigenvalue weighted by molar-refractivity contribution is 6.32. The van der Waals surface area contributed by atoms with Crippen LogP contribution in [0.5, 0.6) is 23.0 Å². The number of carbonyl (C=O) groups is 1. The predicted molar refractivity (Wildman–Crippen MR) is 104 cm³/mol. The Kier molecular flexibility index (Phi) is 7.37. The molecule has 0 saturated carbocycles. The molecule has 0 radical (unpaired) electrons. The van der Waals surface area contributed by atoms with Crippen LogP contribution in [0.2, 0.25) is 10.0 Å². The smallest absolute Gasteiger partial charge is 0.199 e. The van der Waals surface area contributed by atoms with Gasteiger partial charge in [0.15, 0.2) is 5.78 Å². The molecule has 2 rings (SSSR count). The Morgan fingerprint density at radius 3 is 1.39 bits per heavy atom. The van der Waals surface area contributed by atoms with Gasteiger partial charge in [0.05, 0.1) is 38.5 Å². The lowest BCUT2D eigenvalue weighted by molar-refractivity contribution is -0.136. The predicted octanol–water partition coefficient (Wildman–Crippen LogP) is 3.36. The molecule has 2 aromatic rings. The number of aliphatic hydroxyl groups is 2. The van der Waals surface area contributed by atoms with Crippen molar-refractivity contribution in [3.05, 3.63) is 45.4 Å². The third-order valence-electron chi connectivity index (χ3n) is 4.13. The number of hydrogen-bond acceptors (Lipinski definition) is 7. The molecule has 7 nitrogen and oxygen atoms in total. The van der Waals surface area contributed by atoms with E-state index < -0.39 is 18.0 Å². The molecular weight excluding hydrogens is 411 g/mol. The van der Waals surface area contributed by atoms with Crippen molar-refractivity contribution in [1.82, 2.24) is 0 Å². The van der Waals surface area contributed by atoms with Gasteiger partial charge in [-0.1, -0.05) is 23.2 Å². The van der Waals surface area contributed by atoms with Crippen LogP contribution in [0.25, 0.3) is 0 Å². The van der Waals surface area contributed by atoms with Gasteiger partial charge in [0.1, 0.15) is 35.2 Å². The molecule has 9 heteroatoms. The standard InChI is InChI=1S/C19H20Cl2O7/c1-25-9-5-11(20)15(13(7-9)27-3)17(22)19(24)18(23)16-12(21)6-10(26-2)8-14(16)28-4/h5-8,17-18,22-23H,1-4H3. The first-order chi connectivity index (χ1) is 13.3. The third kappa shape index (κ3) is 4.28. The summed E-state index contributed by atoms with van der Waals surface area (Å²) in [5.74, 6) is 0.0578. The number of rotatable bonds is 8. The Morgan fingerprint density at radius 2 is 1.11 bits per heavy atom. The third-order valence-corrected chi connectivity index (χ3v) is 4.75. The van der Waals surface area contributed by atoms with Crippen molar-refractivity contribution in [2.24, 2.45) is 0 Å². The van der Waals surface area contributed by atoms with Gasteiger partial charge in [-0.3, -0.25) is 4.79 Å². The highest BCUT2D eigenvalue weighted by atomic mass is 35.5. The molecule has 152 valence electrons. The van der Waals surface area contributed by atoms with Crippen LogP contribution in [0.1, 0.15) is 23.3 Å². The van der Waals surface area contributed by atoms with Crippen LogP contribution in [0.15, 0.2) is 24.3 Å². The van der Waals surface area contributed by atoms with Crippen LogP contribution in [0.4, 0.5) is 0 Å². The summed E-state index contributed by atoms with van der Waals surface area (Å²) in [4.78, 5) is 12.8. The zero-order valence-corrected chi connectivity index (χ0v) is 17.2. The van der Waals surface area contributed by atoms with Crippen LogP contribution < -0.4 is 18.9 Å². The van der Waals surface area contributed by atoms with E-state index >= 15 is 0 Å². The second-order valence-corrected chi connectivity index (χ2v) is 6.47. The minimum Gasteiger partial charge on any atom is -0.497 e. The van der Waals surface area contributed by atoms with E-state index in [1.54, 1.807) is 0 Å². The van der Waals surface area contributed by atoms with Crippen LogP contribution in [0, 0.1) is 0 Å². The maximum Gasteiger partial charge on any atom is 0.199 e. The highest BCUT2D eigenvalue weighted by Gasteiger charge is 2.33. The van der Waals surface area contributed by atoms with Gasteiger partial charge >= 0.3 is 0 Å². The SMILES string of the molecule is COc1cc(Cl)c(C(O)C(=O)C(O)c2c(Cl)cc(OC)cc2OC)c(OC)c1. The summed E-state index contributed by atoms with van der Waals surface area (Å²) in [6, 6.07) is 5.77. The number of benzene rings is 2. The molecule has 0 aliphatic heterocycles. The summed E-state index contributed by atoms with van der Waals surface area (Å²) < 4.78 is 20.6. The van der Waals surface area contributed by atoms with Crippen LogP contribution >= 0.6 is 23.2 Å². The van der Waals surface area contributed by atoms with Gasteiger partial charge in [-0.2, -0.15) is 0 Å². The second-order valence-electron chi connectivity index (χ2n) is 5.66. The summed E-state index contributed by atoms with van der Waals surface area (Å²) in [7, 11) is 5.58. The molecule has 2 aromatic carbocycles. The number of ketones is 1. The molecule has 2 N–H and O–H groups in total. The number of hydrogen-bond donors (Lipinski definition) is 2. The molecule has 0 saturated heterocycles. The zero-order valence-electron chi connectivity index (χ0n) is 15.7. The Hall–Kier alpha value is -2.19. The summed E-state index contributed by atoms with van der Waals surface area (Å²) in [5.41, 5.74) is -0.00441. The fourth-order valence-electron chi connectivity index (χ4n) is 2.68. The minimum absolute atomic E-state index is 0.00221. The average Bonchev–Trinajstić information content (AvgIpc) is 2.70. The van der Waals surface area contributed by atoms with Crippen LogP contribution in [0.3, 0.4) is 0 Å². The van der Waals surface area contributed by atoms with Crippen molar-refractivity contribution in [2.75, 3.05) is 28.4 Å². The van der Waals surface area contributed by atoms with E-state index in [9.17, 15) is 15.0 Å². The largest absolute Gasteiger partial charge is 0.497 e. The lowest BCUT2D eigenvalue weighted by atomic mass is 9.95. The van der Waals surface area contributed by atoms with E-state index in [1.165, 1.54) is 52.7 Å². The van der Waals surface area contributed by atoms with E-state index in [1.807, 2.05) is 0 Å². The Balaban J connectivity index is 2.47. The van der Waals surface area contributed by atoms with Crippen molar-refractivity contribution >= 4 is 29.0 Å². The van der Waals surface area contributed by atoms with Gasteiger partial charge in [-0.15, -0.1) is 0 Å². The molecule has 0 aliphatic carbocycles. The Morgan fingerprint density at radius 1 is 0.750 bits per heavy atom. The number of aliphatic hydroxyl groups excluding tert-OH is 2. The summed E-state index contributed by atoms with van der Waals surface area (Å²) >= 11 is 12.4. The van der Waals surface area contributed by atoms with E-state index in [4.69, 9.17) is 42.1 Å². The fourth-order valence-corrected chi connectivity index (χ4v) is 3.28. The highest BCUT2D eigenvalue weighted by Crippen LogP contribution is 2.41. The molecule has 0 amide bonds. The number of carbonyl (C=O) groups excluding carboxylic acids is 1. The molecule has 2 unspecified atom stereocenters.